The summed E-state index contributed by atoms with van der Waals surface area (Å²) in [6, 6.07) is -0.0825. The molecule has 0 aromatic carbocycles. The van der Waals surface area contributed by atoms with E-state index in [1.807, 2.05) is 6.92 Å². The first-order valence-corrected chi connectivity index (χ1v) is 5.06. The third kappa shape index (κ3) is 3.23. The molecule has 92 valence electrons. The average Bonchev–Trinajstić information content (AvgIpc) is 2.29. The molecule has 1 atom stereocenters. The lowest BCUT2D eigenvalue weighted by Crippen LogP contribution is -2.21. The molecule has 0 saturated heterocycles. The summed E-state index contributed by atoms with van der Waals surface area (Å²) >= 11 is 0. The van der Waals surface area contributed by atoms with Crippen LogP contribution in [0.25, 0.3) is 0 Å². The van der Waals surface area contributed by atoms with Crippen molar-refractivity contribution in [3.63, 3.8) is 0 Å². The van der Waals surface area contributed by atoms with Gasteiger partial charge < -0.3 is 5.73 Å². The number of alkyl halides is 3. The topological polar surface area (TPSA) is 43.8 Å². The first kappa shape index (κ1) is 13.0. The fourth-order valence-corrected chi connectivity index (χ4v) is 1.68. The number of hydrogen-bond donors (Lipinski definition) is 1. The van der Waals surface area contributed by atoms with Gasteiger partial charge in [-0.05, 0) is 32.8 Å². The van der Waals surface area contributed by atoms with Crippen LogP contribution in [0.15, 0.2) is 0 Å². The van der Waals surface area contributed by atoms with Gasteiger partial charge in [0.2, 0.25) is 0 Å². The molecule has 16 heavy (non-hydrogen) atoms. The Morgan fingerprint density at radius 3 is 2.38 bits per heavy atom. The van der Waals surface area contributed by atoms with Crippen molar-refractivity contribution >= 4 is 0 Å². The monoisotopic (exact) mass is 235 g/mol. The summed E-state index contributed by atoms with van der Waals surface area (Å²) in [7, 11) is 0. The molecule has 1 aromatic rings. The summed E-state index contributed by atoms with van der Waals surface area (Å²) in [6.45, 7) is 4.12. The lowest BCUT2D eigenvalue weighted by molar-refractivity contribution is -0.142. The summed E-state index contributed by atoms with van der Waals surface area (Å²) in [5.74, 6) is 0. The van der Waals surface area contributed by atoms with Gasteiger partial charge in [-0.3, -0.25) is 4.68 Å². The van der Waals surface area contributed by atoms with Crippen molar-refractivity contribution in [2.75, 3.05) is 0 Å². The Kier molecular flexibility index (Phi) is 3.62. The number of nitrogens with zero attached hydrogens (tertiary/aromatic N) is 2. The van der Waals surface area contributed by atoms with E-state index in [1.165, 1.54) is 0 Å². The molecule has 0 radical (unpaired) electrons. The average molecular weight is 235 g/mol. The van der Waals surface area contributed by atoms with E-state index in [0.29, 0.717) is 17.8 Å². The molecule has 0 spiro atoms. The maximum absolute atomic E-state index is 12.2. The molecule has 0 aliphatic rings. The van der Waals surface area contributed by atoms with E-state index < -0.39 is 12.7 Å². The van der Waals surface area contributed by atoms with Crippen molar-refractivity contribution in [1.29, 1.82) is 0 Å². The van der Waals surface area contributed by atoms with Crippen LogP contribution in [0, 0.1) is 13.8 Å². The highest BCUT2D eigenvalue weighted by atomic mass is 19.4. The minimum atomic E-state index is -4.24. The molecule has 1 rings (SSSR count). The van der Waals surface area contributed by atoms with E-state index in [0.717, 1.165) is 10.2 Å². The number of halogens is 3. The van der Waals surface area contributed by atoms with Crippen LogP contribution in [0.2, 0.25) is 0 Å². The minimum absolute atomic E-state index is 0.0825. The Morgan fingerprint density at radius 1 is 1.38 bits per heavy atom. The van der Waals surface area contributed by atoms with Gasteiger partial charge in [-0.2, -0.15) is 18.3 Å². The SMILES string of the molecule is Cc1nn(CC(F)(F)F)c(C)c1CC(C)N. The van der Waals surface area contributed by atoms with Crippen LogP contribution in [0.5, 0.6) is 0 Å². The zero-order valence-corrected chi connectivity index (χ0v) is 9.60. The molecule has 6 heteroatoms. The van der Waals surface area contributed by atoms with Gasteiger partial charge in [0.15, 0.2) is 0 Å². The molecule has 0 amide bonds. The Morgan fingerprint density at radius 2 is 1.94 bits per heavy atom. The number of hydrogen-bond acceptors (Lipinski definition) is 2. The zero-order chi connectivity index (χ0) is 12.5. The molecule has 0 saturated carbocycles. The van der Waals surface area contributed by atoms with Crippen LogP contribution >= 0.6 is 0 Å². The Bertz CT molecular complexity index is 366. The lowest BCUT2D eigenvalue weighted by Gasteiger charge is -2.09. The maximum Gasteiger partial charge on any atom is 0.408 e. The van der Waals surface area contributed by atoms with Crippen LogP contribution < -0.4 is 5.73 Å². The van der Waals surface area contributed by atoms with E-state index in [2.05, 4.69) is 5.10 Å². The zero-order valence-electron chi connectivity index (χ0n) is 9.60. The summed E-state index contributed by atoms with van der Waals surface area (Å²) in [6.07, 6.45) is -3.69. The van der Waals surface area contributed by atoms with Crippen LogP contribution in [0.1, 0.15) is 23.9 Å². The molecule has 1 heterocycles. The lowest BCUT2D eigenvalue weighted by atomic mass is 10.1. The fourth-order valence-electron chi connectivity index (χ4n) is 1.68. The van der Waals surface area contributed by atoms with Crippen molar-refractivity contribution in [3.8, 4) is 0 Å². The number of aromatic nitrogens is 2. The second-order valence-corrected chi connectivity index (χ2v) is 4.10. The van der Waals surface area contributed by atoms with Crippen molar-refractivity contribution < 1.29 is 13.2 Å². The highest BCUT2D eigenvalue weighted by Gasteiger charge is 2.30. The van der Waals surface area contributed by atoms with Crippen LogP contribution in [-0.2, 0) is 13.0 Å². The summed E-state index contributed by atoms with van der Waals surface area (Å²) in [5, 5.41) is 3.89. The summed E-state index contributed by atoms with van der Waals surface area (Å²) in [4.78, 5) is 0. The molecular weight excluding hydrogens is 219 g/mol. The first-order chi connectivity index (χ1) is 7.20. The third-order valence-electron chi connectivity index (χ3n) is 2.39. The highest BCUT2D eigenvalue weighted by Crippen LogP contribution is 2.21. The van der Waals surface area contributed by atoms with Gasteiger partial charge in [-0.1, -0.05) is 0 Å². The van der Waals surface area contributed by atoms with Gasteiger partial charge >= 0.3 is 6.18 Å². The second kappa shape index (κ2) is 4.45. The van der Waals surface area contributed by atoms with Crippen LogP contribution in [-0.4, -0.2) is 22.0 Å². The first-order valence-electron chi connectivity index (χ1n) is 5.06. The predicted molar refractivity (Wildman–Crippen MR) is 55.1 cm³/mol. The fraction of sp³-hybridized carbons (Fsp3) is 0.700. The molecule has 0 aliphatic heterocycles. The van der Waals surface area contributed by atoms with Gasteiger partial charge in [0.05, 0.1) is 5.69 Å². The van der Waals surface area contributed by atoms with Crippen molar-refractivity contribution in [3.05, 3.63) is 17.0 Å². The molecule has 2 N–H and O–H groups in total. The number of nitrogens with two attached hydrogens (primary N) is 1. The largest absolute Gasteiger partial charge is 0.408 e. The Hall–Kier alpha value is -1.04. The maximum atomic E-state index is 12.2. The predicted octanol–water partition coefficient (Wildman–Crippen LogP) is 1.95. The van der Waals surface area contributed by atoms with Gasteiger partial charge in [0.1, 0.15) is 6.54 Å². The van der Waals surface area contributed by atoms with Crippen molar-refractivity contribution in [1.82, 2.24) is 9.78 Å². The van der Waals surface area contributed by atoms with Crippen molar-refractivity contribution in [2.24, 2.45) is 5.73 Å². The Balaban J connectivity index is 2.97. The standard InChI is InChI=1S/C10H16F3N3/c1-6(14)4-9-7(2)15-16(8(9)3)5-10(11,12)13/h6H,4-5,14H2,1-3H3. The van der Waals surface area contributed by atoms with Gasteiger partial charge in [-0.15, -0.1) is 0 Å². The summed E-state index contributed by atoms with van der Waals surface area (Å²) in [5.41, 5.74) is 7.63. The second-order valence-electron chi connectivity index (χ2n) is 4.10. The van der Waals surface area contributed by atoms with Crippen LogP contribution in [0.3, 0.4) is 0 Å². The van der Waals surface area contributed by atoms with E-state index in [9.17, 15) is 13.2 Å². The molecule has 3 nitrogen and oxygen atoms in total. The smallest absolute Gasteiger partial charge is 0.328 e. The highest BCUT2D eigenvalue weighted by molar-refractivity contribution is 5.25. The molecule has 0 bridgehead atoms. The Labute approximate surface area is 92.4 Å². The molecule has 0 fully saturated rings. The molecule has 0 aliphatic carbocycles. The molecule has 1 unspecified atom stereocenters. The van der Waals surface area contributed by atoms with E-state index >= 15 is 0 Å². The van der Waals surface area contributed by atoms with E-state index in [4.69, 9.17) is 5.73 Å². The molecular formula is C10H16F3N3. The number of rotatable bonds is 3. The van der Waals surface area contributed by atoms with Crippen molar-refractivity contribution in [2.45, 2.75) is 46.0 Å². The van der Waals surface area contributed by atoms with Crippen LogP contribution in [0.4, 0.5) is 13.2 Å². The van der Waals surface area contributed by atoms with Gasteiger partial charge in [0, 0.05) is 11.7 Å². The molecule has 1 aromatic heterocycles. The summed E-state index contributed by atoms with van der Waals surface area (Å²) < 4.78 is 37.7. The quantitative estimate of drug-likeness (QED) is 0.870. The third-order valence-corrected chi connectivity index (χ3v) is 2.39. The van der Waals surface area contributed by atoms with E-state index in [1.54, 1.807) is 13.8 Å². The normalized spacial score (nSPS) is 14.2. The number of aryl methyl sites for hydroxylation is 1. The van der Waals surface area contributed by atoms with E-state index in [-0.39, 0.29) is 6.04 Å². The minimum Gasteiger partial charge on any atom is -0.328 e. The van der Waals surface area contributed by atoms with Gasteiger partial charge in [-0.25, -0.2) is 0 Å². The van der Waals surface area contributed by atoms with Gasteiger partial charge in [0.25, 0.3) is 0 Å².